The number of nitrogens with zero attached hydrogens (tertiary/aromatic N) is 13. The Kier molecular flexibility index (Phi) is 42.8. The number of nitrogens with one attached hydrogen (secondary N) is 15. The smallest absolute Gasteiger partial charge is 0.204 e. The molecule has 116 heavy (non-hydrogen) atoms. The normalized spacial score (nSPS) is 19.5. The number of aliphatic imine (C=N–C) groups is 12. The quantitative estimate of drug-likeness (QED) is 0.0454. The lowest BCUT2D eigenvalue weighted by Gasteiger charge is -2.25. The van der Waals surface area contributed by atoms with E-state index < -0.39 is 0 Å². The van der Waals surface area contributed by atoms with Crippen LogP contribution in [0.1, 0.15) is 128 Å². The van der Waals surface area contributed by atoms with Crippen molar-refractivity contribution in [1.29, 1.82) is 0 Å². The van der Waals surface area contributed by atoms with Gasteiger partial charge in [-0.3, -0.25) is 41.9 Å². The van der Waals surface area contributed by atoms with Crippen LogP contribution in [0.25, 0.3) is 0 Å². The van der Waals surface area contributed by atoms with Crippen LogP contribution in [0.5, 0.6) is 0 Å². The van der Waals surface area contributed by atoms with Crippen molar-refractivity contribution in [1.82, 2.24) is 74.0 Å². The molecule has 6 atom stereocenters. The average Bonchev–Trinajstić information content (AvgIpc) is 0.871. The lowest BCUT2D eigenvalue weighted by atomic mass is 10.1. The van der Waals surface area contributed by atoms with Crippen LogP contribution < -0.4 is 91.2 Å². The van der Waals surface area contributed by atoms with Gasteiger partial charge in [0.15, 0.2) is 53.6 Å². The molecule has 6 unspecified atom stereocenters. The lowest BCUT2D eigenvalue weighted by Crippen LogP contribution is -2.55. The Labute approximate surface area is 715 Å². The summed E-state index contributed by atoms with van der Waals surface area (Å²) in [6.07, 6.45) is 1.37. The molecular formula is C80H118Cl6N30. The zero-order chi connectivity index (χ0) is 81.9. The number of halogens is 6. The summed E-state index contributed by atoms with van der Waals surface area (Å²) in [7, 11) is 3.86. The third-order valence-electron chi connectivity index (χ3n) is 15.0. The summed E-state index contributed by atoms with van der Waals surface area (Å²) in [5.74, 6) is 7.90. The van der Waals surface area contributed by atoms with E-state index in [0.717, 1.165) is 96.8 Å². The van der Waals surface area contributed by atoms with Gasteiger partial charge in [0.1, 0.15) is 37.0 Å². The largest absolute Gasteiger partial charge is 0.370 e. The standard InChI is InChI=1S/C15H22ClN5.C14H20ClN5.C13H18ClN5.2C12H16ClN5.C11H14ClN5.3CH4/c1-10(2)18-15-20-11(3)19-14(21-15)17-8-7-12-5-4-6-13(16)9-12;1-9(2)17-14-19-10(3)18-13(20-14)16-8-11-4-6-12(15)7-5-11;1-8(2)15-12-16-9(3)17-13(19-12)18-11-6-4-5-10(14)7-11;1-8-14-11(17-12(15-8)18(2)3)16-10-6-4-5-9(13)7-10;1-8-16-11(14)18-12(17-8)15-6-5-9-3-2-4-10(13)7-9;1-7-15-10(13)17-11(16-7)14-6-8-2-4-9(12)5-3-8;;;/h4-6,9-11H,7-8H2,1-3H3,(H3,17,18,19,20,21);4-7,9-10H,8H2,1-3H3,(H3,16,17,18,19,20);4-9H,1-3H3,(H3,15,16,17,18,19);4-8H,1-3H3,(H2,14,15,16,17);2-4,7-8H,5-6H2,1H3,(H4,14,15,16,17,18);2-5,7H,6H2,1H3,(H4,13,14,15,16,17);3*1H4. The highest BCUT2D eigenvalue weighted by Crippen LogP contribution is 2.19. The Hall–Kier alpha value is -10.5. The lowest BCUT2D eigenvalue weighted by molar-refractivity contribution is 0.582. The second kappa shape index (κ2) is 50.8. The maximum Gasteiger partial charge on any atom is 0.204 e. The summed E-state index contributed by atoms with van der Waals surface area (Å²) >= 11 is 35.5. The first-order chi connectivity index (χ1) is 53.9. The van der Waals surface area contributed by atoms with E-state index >= 15 is 0 Å². The molecule has 6 aromatic carbocycles. The van der Waals surface area contributed by atoms with Gasteiger partial charge in [-0.1, -0.05) is 153 Å². The molecule has 0 aromatic heterocycles. The number of rotatable bonds is 15. The molecule has 6 aliphatic heterocycles. The summed E-state index contributed by atoms with van der Waals surface area (Å²) in [6, 6.07) is 46.9. The van der Waals surface area contributed by atoms with E-state index in [1.807, 2.05) is 200 Å². The zero-order valence-corrected chi connectivity index (χ0v) is 70.6. The molecule has 36 heteroatoms. The highest BCUT2D eigenvalue weighted by Gasteiger charge is 2.20. The molecular weight excluding hydrogens is 1590 g/mol. The SMILES string of the molecule is C.C.C.CC(C)NC1=NC(C)NC(=NCCc2cccc(Cl)c2)N1.CC(C)NC1=NC(C)NC(=NCc2ccc(Cl)cc2)N1.CC1N=C(N)NC(=NCCc2cccc(Cl)c2)N1.CC1N=C(N)NC(=NCc2ccc(Cl)cc2)N1.CC1N=C(Nc2cccc(Cl)c2)NC(N(C)C)=N1.CC1N=C(Nc2cccc(Cl)c2)NC(NC(C)C)=N1. The molecule has 0 bridgehead atoms. The molecule has 30 nitrogen and oxygen atoms in total. The third-order valence-corrected chi connectivity index (χ3v) is 16.5. The summed E-state index contributed by atoms with van der Waals surface area (Å²) in [5, 5.41) is 51.3. The van der Waals surface area contributed by atoms with E-state index in [-0.39, 0.29) is 59.3 Å². The first kappa shape index (κ1) is 97.9. The second-order valence-electron chi connectivity index (χ2n) is 27.0. The van der Waals surface area contributed by atoms with Crippen molar-refractivity contribution in [3.05, 3.63) is 198 Å². The molecule has 0 saturated carbocycles. The fourth-order valence-corrected chi connectivity index (χ4v) is 11.3. The molecule has 0 amide bonds. The predicted octanol–water partition coefficient (Wildman–Crippen LogP) is 12.7. The van der Waals surface area contributed by atoms with E-state index in [9.17, 15) is 0 Å². The molecule has 630 valence electrons. The van der Waals surface area contributed by atoms with Gasteiger partial charge in [-0.25, -0.2) is 49.9 Å². The molecule has 6 heterocycles. The Bertz CT molecular complexity index is 4420. The molecule has 0 radical (unpaired) electrons. The van der Waals surface area contributed by atoms with Crippen LogP contribution in [0.15, 0.2) is 206 Å². The number of hydrogen-bond donors (Lipinski definition) is 17. The Balaban J connectivity index is 0.000000292. The Morgan fingerprint density at radius 3 is 1.06 bits per heavy atom. The summed E-state index contributed by atoms with van der Waals surface area (Å²) in [5.41, 5.74) is 17.5. The minimum absolute atomic E-state index is 0. The maximum atomic E-state index is 5.97. The van der Waals surface area contributed by atoms with Gasteiger partial charge < -0.3 is 64.2 Å². The maximum absolute atomic E-state index is 5.97. The number of hydrogen-bond acceptors (Lipinski definition) is 22. The minimum atomic E-state index is -0.121. The molecule has 0 fully saturated rings. The molecule has 19 N–H and O–H groups in total. The molecule has 12 rings (SSSR count). The molecule has 0 spiro atoms. The zero-order valence-electron chi connectivity index (χ0n) is 66.0. The van der Waals surface area contributed by atoms with Crippen LogP contribution >= 0.6 is 69.6 Å². The van der Waals surface area contributed by atoms with Gasteiger partial charge in [-0.2, -0.15) is 0 Å². The van der Waals surface area contributed by atoms with Crippen molar-refractivity contribution in [2.75, 3.05) is 37.8 Å². The third kappa shape index (κ3) is 38.8. The fraction of sp³-hybridized carbons (Fsp3) is 0.400. The van der Waals surface area contributed by atoms with Crippen molar-refractivity contribution >= 4 is 152 Å². The van der Waals surface area contributed by atoms with Crippen molar-refractivity contribution in [2.24, 2.45) is 71.4 Å². The van der Waals surface area contributed by atoms with Gasteiger partial charge in [0.2, 0.25) is 17.9 Å². The van der Waals surface area contributed by atoms with Crippen LogP contribution in [0, 0.1) is 0 Å². The van der Waals surface area contributed by atoms with Gasteiger partial charge in [0, 0.05) is 86.8 Å². The van der Waals surface area contributed by atoms with Crippen molar-refractivity contribution in [2.45, 2.75) is 186 Å². The predicted molar refractivity (Wildman–Crippen MR) is 495 cm³/mol. The Morgan fingerprint density at radius 2 is 0.690 bits per heavy atom. The number of benzene rings is 6. The monoisotopic (exact) mass is 1710 g/mol. The summed E-state index contributed by atoms with van der Waals surface area (Å²) < 4.78 is 0. The molecule has 0 aliphatic carbocycles. The van der Waals surface area contributed by atoms with Gasteiger partial charge in [-0.05, 0) is 203 Å². The highest BCUT2D eigenvalue weighted by atomic mass is 35.5. The van der Waals surface area contributed by atoms with E-state index in [4.69, 9.17) is 81.1 Å². The van der Waals surface area contributed by atoms with Gasteiger partial charge in [0.05, 0.1) is 13.1 Å². The van der Waals surface area contributed by atoms with Crippen LogP contribution in [0.3, 0.4) is 0 Å². The van der Waals surface area contributed by atoms with Crippen LogP contribution in [0.4, 0.5) is 11.4 Å². The second-order valence-corrected chi connectivity index (χ2v) is 29.6. The first-order valence-electron chi connectivity index (χ1n) is 36.9. The van der Waals surface area contributed by atoms with Crippen molar-refractivity contribution in [3.63, 3.8) is 0 Å². The molecule has 0 saturated heterocycles. The fourth-order valence-electron chi connectivity index (χ4n) is 10.2. The van der Waals surface area contributed by atoms with Gasteiger partial charge in [-0.15, -0.1) is 0 Å². The van der Waals surface area contributed by atoms with Crippen LogP contribution in [-0.4, -0.2) is 159 Å². The molecule has 6 aromatic rings. The number of guanidine groups is 12. The van der Waals surface area contributed by atoms with Gasteiger partial charge in [0.25, 0.3) is 0 Å². The van der Waals surface area contributed by atoms with Crippen molar-refractivity contribution < 1.29 is 0 Å². The van der Waals surface area contributed by atoms with E-state index in [2.05, 4.69) is 187 Å². The van der Waals surface area contributed by atoms with E-state index in [1.165, 1.54) is 5.56 Å². The minimum Gasteiger partial charge on any atom is -0.370 e. The van der Waals surface area contributed by atoms with Gasteiger partial charge >= 0.3 is 0 Å². The van der Waals surface area contributed by atoms with Crippen LogP contribution in [0.2, 0.25) is 30.1 Å². The number of nitrogens with two attached hydrogens (primary N) is 2. The van der Waals surface area contributed by atoms with Crippen molar-refractivity contribution in [3.8, 4) is 0 Å². The highest BCUT2D eigenvalue weighted by molar-refractivity contribution is 6.32. The van der Waals surface area contributed by atoms with Crippen LogP contribution in [-0.2, 0) is 25.9 Å². The average molecular weight is 1710 g/mol. The Morgan fingerprint density at radius 1 is 0.362 bits per heavy atom. The van der Waals surface area contributed by atoms with E-state index in [0.29, 0.717) is 90.1 Å². The van der Waals surface area contributed by atoms with E-state index in [1.54, 1.807) is 0 Å². The summed E-state index contributed by atoms with van der Waals surface area (Å²) in [4.78, 5) is 54.3. The topological polar surface area (TPSA) is 384 Å². The summed E-state index contributed by atoms with van der Waals surface area (Å²) in [6.45, 7) is 26.6. The number of anilines is 2. The molecule has 6 aliphatic rings. The first-order valence-corrected chi connectivity index (χ1v) is 39.2.